The van der Waals surface area contributed by atoms with E-state index in [0.717, 1.165) is 22.6 Å². The van der Waals surface area contributed by atoms with Gasteiger partial charge in [0.2, 0.25) is 0 Å². The average molecular weight is 389 g/mol. The van der Waals surface area contributed by atoms with Crippen molar-refractivity contribution < 1.29 is 27.5 Å². The normalized spacial score (nSPS) is 15.1. The first-order chi connectivity index (χ1) is 12.3. The van der Waals surface area contributed by atoms with Crippen molar-refractivity contribution in [2.24, 2.45) is 0 Å². The summed E-state index contributed by atoms with van der Waals surface area (Å²) < 4.78 is 43.3. The Morgan fingerprint density at radius 3 is 2.35 bits per heavy atom. The van der Waals surface area contributed by atoms with E-state index in [-0.39, 0.29) is 18.6 Å². The van der Waals surface area contributed by atoms with Crippen molar-refractivity contribution in [1.82, 2.24) is 4.90 Å². The van der Waals surface area contributed by atoms with Crippen LogP contribution in [0.5, 0.6) is 0 Å². The topological polar surface area (TPSA) is 46.6 Å². The molecule has 2 rings (SSSR count). The fraction of sp³-hybridized carbons (Fsp3) is 0.556. The third-order valence-corrected chi connectivity index (χ3v) is 5.36. The summed E-state index contributed by atoms with van der Waals surface area (Å²) in [5, 5.41) is 0. The van der Waals surface area contributed by atoms with Crippen LogP contribution in [0.1, 0.15) is 37.7 Å². The number of ether oxygens (including phenoxy) is 1. The highest BCUT2D eigenvalue weighted by Gasteiger charge is 2.44. The molecule has 0 unspecified atom stereocenters. The first-order valence-corrected chi connectivity index (χ1v) is 9.46. The summed E-state index contributed by atoms with van der Waals surface area (Å²) in [6.07, 6.45) is -1.64. The van der Waals surface area contributed by atoms with Crippen LogP contribution in [0, 0.1) is 0 Å². The van der Waals surface area contributed by atoms with Crippen molar-refractivity contribution in [2.45, 2.75) is 55.8 Å². The minimum atomic E-state index is -4.85. The molecule has 0 heterocycles. The van der Waals surface area contributed by atoms with Gasteiger partial charge in [-0.2, -0.15) is 13.2 Å². The molecule has 0 spiro atoms. The van der Waals surface area contributed by atoms with Crippen LogP contribution in [-0.4, -0.2) is 41.9 Å². The summed E-state index contributed by atoms with van der Waals surface area (Å²) in [4.78, 5) is 24.8. The number of carbonyl (C=O) groups is 2. The lowest BCUT2D eigenvalue weighted by Gasteiger charge is -2.29. The number of amides is 1. The van der Waals surface area contributed by atoms with E-state index < -0.39 is 12.1 Å². The lowest BCUT2D eigenvalue weighted by molar-refractivity contribution is -0.188. The fourth-order valence-electron chi connectivity index (χ4n) is 2.99. The number of hydrogen-bond donors (Lipinski definition) is 0. The number of alkyl halides is 3. The van der Waals surface area contributed by atoms with Crippen molar-refractivity contribution in [3.63, 3.8) is 0 Å². The van der Waals surface area contributed by atoms with Crippen LogP contribution in [0.3, 0.4) is 0 Å². The van der Waals surface area contributed by atoms with Gasteiger partial charge in [0, 0.05) is 23.2 Å². The second-order valence-corrected chi connectivity index (χ2v) is 7.36. The lowest BCUT2D eigenvalue weighted by Crippen LogP contribution is -2.45. The molecular formula is C18H22F3NO3S. The van der Waals surface area contributed by atoms with Crippen LogP contribution in [0.4, 0.5) is 13.2 Å². The highest BCUT2D eigenvalue weighted by molar-refractivity contribution is 7.99. The Labute approximate surface area is 155 Å². The Bertz CT molecular complexity index is 613. The van der Waals surface area contributed by atoms with E-state index in [0.29, 0.717) is 30.6 Å². The molecule has 0 radical (unpaired) electrons. The molecule has 144 valence electrons. The smallest absolute Gasteiger partial charge is 0.469 e. The molecule has 0 N–H and O–H groups in total. The Hall–Kier alpha value is -1.70. The van der Waals surface area contributed by atoms with Gasteiger partial charge in [0.1, 0.15) is 0 Å². The minimum Gasteiger partial charge on any atom is -0.469 e. The predicted octanol–water partition coefficient (Wildman–Crippen LogP) is 4.18. The van der Waals surface area contributed by atoms with Gasteiger partial charge >= 0.3 is 18.1 Å². The second kappa shape index (κ2) is 9.30. The van der Waals surface area contributed by atoms with Crippen molar-refractivity contribution in [3.05, 3.63) is 29.8 Å². The summed E-state index contributed by atoms with van der Waals surface area (Å²) in [6, 6.07) is 6.70. The Kier molecular flexibility index (Phi) is 7.37. The zero-order valence-corrected chi connectivity index (χ0v) is 15.4. The van der Waals surface area contributed by atoms with E-state index in [1.165, 1.54) is 18.9 Å². The summed E-state index contributed by atoms with van der Waals surface area (Å²) in [7, 11) is 1.33. The molecule has 1 aliphatic carbocycles. The maximum atomic E-state index is 12.9. The summed E-state index contributed by atoms with van der Waals surface area (Å²) in [5.41, 5.74) is 0.659. The molecule has 1 aromatic carbocycles. The number of benzene rings is 1. The Balaban J connectivity index is 1.99. The van der Waals surface area contributed by atoms with Crippen molar-refractivity contribution in [2.75, 3.05) is 12.9 Å². The number of esters is 1. The zero-order valence-electron chi connectivity index (χ0n) is 14.6. The number of halogens is 3. The van der Waals surface area contributed by atoms with Crippen LogP contribution in [0.15, 0.2) is 29.2 Å². The predicted molar refractivity (Wildman–Crippen MR) is 92.7 cm³/mol. The number of carbonyl (C=O) groups excluding carboxylic acids is 2. The van der Waals surface area contributed by atoms with Crippen molar-refractivity contribution in [1.29, 1.82) is 0 Å². The number of methoxy groups -OCH3 is 1. The van der Waals surface area contributed by atoms with Gasteiger partial charge in [-0.05, 0) is 30.5 Å². The maximum Gasteiger partial charge on any atom is 0.471 e. The largest absolute Gasteiger partial charge is 0.471 e. The number of rotatable bonds is 7. The molecule has 0 aromatic heterocycles. The van der Waals surface area contributed by atoms with E-state index in [1.54, 1.807) is 24.3 Å². The molecular weight excluding hydrogens is 367 g/mol. The van der Waals surface area contributed by atoms with Gasteiger partial charge in [0.15, 0.2) is 0 Å². The highest BCUT2D eigenvalue weighted by Crippen LogP contribution is 2.30. The number of thioether (sulfide) groups is 1. The van der Waals surface area contributed by atoms with E-state index in [1.807, 2.05) is 0 Å². The quantitative estimate of drug-likeness (QED) is 0.519. The number of nitrogens with zero attached hydrogens (tertiary/aromatic N) is 1. The maximum absolute atomic E-state index is 12.9. The van der Waals surface area contributed by atoms with Gasteiger partial charge in [-0.25, -0.2) is 0 Å². The molecule has 26 heavy (non-hydrogen) atoms. The molecule has 0 saturated heterocycles. The first-order valence-electron chi connectivity index (χ1n) is 8.47. The summed E-state index contributed by atoms with van der Waals surface area (Å²) >= 11 is 1.47. The molecule has 8 heteroatoms. The van der Waals surface area contributed by atoms with Crippen LogP contribution >= 0.6 is 11.8 Å². The Morgan fingerprint density at radius 1 is 1.19 bits per heavy atom. The van der Waals surface area contributed by atoms with Crippen molar-refractivity contribution >= 4 is 23.6 Å². The molecule has 1 saturated carbocycles. The van der Waals surface area contributed by atoms with Crippen LogP contribution in [-0.2, 0) is 20.9 Å². The van der Waals surface area contributed by atoms with Crippen LogP contribution < -0.4 is 0 Å². The first kappa shape index (κ1) is 20.6. The standard InChI is InChI=1S/C18H22F3NO3S/c1-25-16(23)10-11-26-15-8-6-13(7-9-15)12-22(14-4-2-3-5-14)17(24)18(19,20)21/h6-9,14H,2-5,10-12H2,1H3. The Morgan fingerprint density at radius 2 is 1.81 bits per heavy atom. The number of hydrogen-bond acceptors (Lipinski definition) is 4. The third-order valence-electron chi connectivity index (χ3n) is 4.35. The minimum absolute atomic E-state index is 0.0455. The molecule has 1 fully saturated rings. The molecule has 1 amide bonds. The summed E-state index contributed by atoms with van der Waals surface area (Å²) in [5.74, 6) is -1.49. The fourth-order valence-corrected chi connectivity index (χ4v) is 3.82. The molecule has 1 aliphatic rings. The highest BCUT2D eigenvalue weighted by atomic mass is 32.2. The van der Waals surface area contributed by atoms with Gasteiger partial charge in [-0.15, -0.1) is 11.8 Å². The SMILES string of the molecule is COC(=O)CCSc1ccc(CN(C(=O)C(F)(F)F)C2CCCC2)cc1. The third kappa shape index (κ3) is 5.93. The van der Waals surface area contributed by atoms with Gasteiger partial charge < -0.3 is 9.64 Å². The lowest BCUT2D eigenvalue weighted by atomic mass is 10.1. The molecule has 0 bridgehead atoms. The van der Waals surface area contributed by atoms with Crippen LogP contribution in [0.2, 0.25) is 0 Å². The van der Waals surface area contributed by atoms with Crippen LogP contribution in [0.25, 0.3) is 0 Å². The van der Waals surface area contributed by atoms with E-state index >= 15 is 0 Å². The van der Waals surface area contributed by atoms with Gasteiger partial charge in [-0.1, -0.05) is 25.0 Å². The monoisotopic (exact) mass is 389 g/mol. The molecule has 0 atom stereocenters. The zero-order chi connectivity index (χ0) is 19.2. The van der Waals surface area contributed by atoms with E-state index in [2.05, 4.69) is 4.74 Å². The molecule has 0 aliphatic heterocycles. The van der Waals surface area contributed by atoms with Gasteiger partial charge in [0.25, 0.3) is 0 Å². The summed E-state index contributed by atoms with van der Waals surface area (Å²) in [6.45, 7) is -0.0455. The van der Waals surface area contributed by atoms with Crippen molar-refractivity contribution in [3.8, 4) is 0 Å². The van der Waals surface area contributed by atoms with Gasteiger partial charge in [0.05, 0.1) is 13.5 Å². The average Bonchev–Trinajstić information content (AvgIpc) is 3.13. The second-order valence-electron chi connectivity index (χ2n) is 6.19. The molecule has 1 aromatic rings. The van der Waals surface area contributed by atoms with Gasteiger partial charge in [-0.3, -0.25) is 9.59 Å². The molecule has 4 nitrogen and oxygen atoms in total. The van der Waals surface area contributed by atoms with E-state index in [4.69, 9.17) is 0 Å². The van der Waals surface area contributed by atoms with E-state index in [9.17, 15) is 22.8 Å².